The van der Waals surface area contributed by atoms with Crippen molar-refractivity contribution in [1.82, 2.24) is 10.2 Å². The molecule has 26 heavy (non-hydrogen) atoms. The molecule has 134 valence electrons. The second-order valence-electron chi connectivity index (χ2n) is 6.77. The Labute approximate surface area is 156 Å². The predicted octanol–water partition coefficient (Wildman–Crippen LogP) is 3.86. The lowest BCUT2D eigenvalue weighted by Crippen LogP contribution is -2.45. The number of nitrogens with zero attached hydrogens (tertiary/aromatic N) is 2. The Morgan fingerprint density at radius 2 is 1.81 bits per heavy atom. The summed E-state index contributed by atoms with van der Waals surface area (Å²) in [5.41, 5.74) is 2.75. The van der Waals surface area contributed by atoms with E-state index in [1.807, 2.05) is 24.3 Å². The molecule has 0 bridgehead atoms. The number of halogens is 1. The van der Waals surface area contributed by atoms with E-state index in [4.69, 9.17) is 16.3 Å². The van der Waals surface area contributed by atoms with Crippen LogP contribution >= 0.6 is 11.6 Å². The molecule has 2 heterocycles. The number of aromatic nitrogens is 2. The van der Waals surface area contributed by atoms with E-state index in [0.717, 1.165) is 24.3 Å². The largest absolute Gasteiger partial charge is 0.372 e. The van der Waals surface area contributed by atoms with Crippen molar-refractivity contribution < 1.29 is 4.74 Å². The van der Waals surface area contributed by atoms with Gasteiger partial charge < -0.3 is 9.64 Å². The van der Waals surface area contributed by atoms with Gasteiger partial charge in [-0.2, -0.15) is 5.10 Å². The molecule has 6 heteroatoms. The third kappa shape index (κ3) is 3.08. The first-order chi connectivity index (χ1) is 12.5. The molecular formula is C20H20ClN3O2. The summed E-state index contributed by atoms with van der Waals surface area (Å²) in [4.78, 5) is 15.1. The zero-order valence-corrected chi connectivity index (χ0v) is 15.5. The van der Waals surface area contributed by atoms with Gasteiger partial charge in [-0.3, -0.25) is 9.89 Å². The summed E-state index contributed by atoms with van der Waals surface area (Å²) in [7, 11) is 0. The summed E-state index contributed by atoms with van der Waals surface area (Å²) in [6, 6.07) is 13.2. The van der Waals surface area contributed by atoms with E-state index >= 15 is 0 Å². The standard InChI is InChI=1S/C20H20ClN3O2/c1-12-10-24(11-13(2)26-12)15-8-6-14(7-9-15)18-20(25)16-4-3-5-17(21)19(16)23-22-18/h3-9,12-13H,10-11H2,1-2H3,(H,23,25)/t12-,13+. The summed E-state index contributed by atoms with van der Waals surface area (Å²) in [5, 5.41) is 8.19. The molecule has 5 nitrogen and oxygen atoms in total. The lowest BCUT2D eigenvalue weighted by molar-refractivity contribution is -0.00521. The molecule has 1 fully saturated rings. The first-order valence-electron chi connectivity index (χ1n) is 8.70. The van der Waals surface area contributed by atoms with Crippen LogP contribution in [-0.2, 0) is 4.74 Å². The molecular weight excluding hydrogens is 350 g/mol. The van der Waals surface area contributed by atoms with E-state index in [1.165, 1.54) is 0 Å². The van der Waals surface area contributed by atoms with Gasteiger partial charge in [-0.1, -0.05) is 29.8 Å². The van der Waals surface area contributed by atoms with Crippen LogP contribution in [0, 0.1) is 0 Å². The van der Waals surface area contributed by atoms with Crippen LogP contribution in [0.4, 0.5) is 5.69 Å². The number of para-hydroxylation sites is 1. The molecule has 3 aromatic rings. The maximum atomic E-state index is 12.8. The number of benzene rings is 2. The molecule has 4 rings (SSSR count). The average Bonchev–Trinajstić information content (AvgIpc) is 2.62. The lowest BCUT2D eigenvalue weighted by atomic mass is 10.1. The Hall–Kier alpha value is -2.37. The number of nitrogens with one attached hydrogen (secondary N) is 1. The maximum absolute atomic E-state index is 12.8. The molecule has 1 aliphatic rings. The van der Waals surface area contributed by atoms with Gasteiger partial charge in [0, 0.05) is 24.3 Å². The average molecular weight is 370 g/mol. The minimum atomic E-state index is -0.123. The van der Waals surface area contributed by atoms with E-state index in [-0.39, 0.29) is 17.6 Å². The summed E-state index contributed by atoms with van der Waals surface area (Å²) >= 11 is 6.13. The van der Waals surface area contributed by atoms with Gasteiger partial charge in [-0.15, -0.1) is 0 Å². The molecule has 0 amide bonds. The van der Waals surface area contributed by atoms with Crippen LogP contribution in [0.5, 0.6) is 0 Å². The minimum absolute atomic E-state index is 0.123. The van der Waals surface area contributed by atoms with Gasteiger partial charge in [0.1, 0.15) is 5.69 Å². The van der Waals surface area contributed by atoms with Crippen LogP contribution in [-0.4, -0.2) is 35.5 Å². The van der Waals surface area contributed by atoms with Crippen molar-refractivity contribution in [2.24, 2.45) is 0 Å². The van der Waals surface area contributed by atoms with Gasteiger partial charge in [-0.05, 0) is 38.1 Å². The van der Waals surface area contributed by atoms with Crippen molar-refractivity contribution in [1.29, 1.82) is 0 Å². The fourth-order valence-electron chi connectivity index (χ4n) is 3.53. The van der Waals surface area contributed by atoms with Crippen LogP contribution in [0.3, 0.4) is 0 Å². The Kier molecular flexibility index (Phi) is 4.42. The van der Waals surface area contributed by atoms with E-state index in [9.17, 15) is 4.79 Å². The quantitative estimate of drug-likeness (QED) is 0.745. The number of H-pyrrole nitrogens is 1. The Balaban J connectivity index is 1.68. The van der Waals surface area contributed by atoms with E-state index in [2.05, 4.69) is 28.9 Å². The van der Waals surface area contributed by atoms with Crippen molar-refractivity contribution >= 4 is 28.2 Å². The third-order valence-corrected chi connectivity index (χ3v) is 4.99. The van der Waals surface area contributed by atoms with E-state index < -0.39 is 0 Å². The van der Waals surface area contributed by atoms with Gasteiger partial charge in [0.2, 0.25) is 5.43 Å². The van der Waals surface area contributed by atoms with Gasteiger partial charge in [0.15, 0.2) is 0 Å². The van der Waals surface area contributed by atoms with Crippen molar-refractivity contribution in [3.8, 4) is 11.3 Å². The Morgan fingerprint density at radius 1 is 1.12 bits per heavy atom. The number of hydrogen-bond donors (Lipinski definition) is 1. The number of ether oxygens (including phenoxy) is 1. The van der Waals surface area contributed by atoms with Crippen LogP contribution in [0.1, 0.15) is 13.8 Å². The minimum Gasteiger partial charge on any atom is -0.372 e. The summed E-state index contributed by atoms with van der Waals surface area (Å²) in [6.45, 7) is 5.88. The van der Waals surface area contributed by atoms with Crippen LogP contribution < -0.4 is 10.3 Å². The van der Waals surface area contributed by atoms with Crippen molar-refractivity contribution in [2.75, 3.05) is 18.0 Å². The third-order valence-electron chi connectivity index (χ3n) is 4.68. The van der Waals surface area contributed by atoms with E-state index in [0.29, 0.717) is 21.6 Å². The van der Waals surface area contributed by atoms with Crippen molar-refractivity contribution in [3.05, 3.63) is 57.7 Å². The lowest BCUT2D eigenvalue weighted by Gasteiger charge is -2.36. The molecule has 1 aromatic heterocycles. The van der Waals surface area contributed by atoms with Crippen LogP contribution in [0.25, 0.3) is 22.2 Å². The van der Waals surface area contributed by atoms with Gasteiger partial charge >= 0.3 is 0 Å². The summed E-state index contributed by atoms with van der Waals surface area (Å²) in [6.07, 6.45) is 0.404. The molecule has 1 saturated heterocycles. The number of anilines is 1. The predicted molar refractivity (Wildman–Crippen MR) is 105 cm³/mol. The fraction of sp³-hybridized carbons (Fsp3) is 0.300. The molecule has 2 aromatic carbocycles. The molecule has 0 aliphatic carbocycles. The Bertz CT molecular complexity index is 990. The molecule has 1 N–H and O–H groups in total. The highest BCUT2D eigenvalue weighted by molar-refractivity contribution is 6.35. The molecule has 0 spiro atoms. The highest BCUT2D eigenvalue weighted by Crippen LogP contribution is 2.25. The summed E-state index contributed by atoms with van der Waals surface area (Å²) < 4.78 is 5.79. The molecule has 0 saturated carbocycles. The van der Waals surface area contributed by atoms with Crippen molar-refractivity contribution in [2.45, 2.75) is 26.1 Å². The number of hydrogen-bond acceptors (Lipinski definition) is 4. The second kappa shape index (κ2) is 6.74. The zero-order valence-electron chi connectivity index (χ0n) is 14.7. The highest BCUT2D eigenvalue weighted by Gasteiger charge is 2.22. The second-order valence-corrected chi connectivity index (χ2v) is 7.18. The van der Waals surface area contributed by atoms with Crippen molar-refractivity contribution in [3.63, 3.8) is 0 Å². The van der Waals surface area contributed by atoms with Gasteiger partial charge in [-0.25, -0.2) is 0 Å². The van der Waals surface area contributed by atoms with Gasteiger partial charge in [0.25, 0.3) is 0 Å². The number of fused-ring (bicyclic) bond motifs is 1. The number of aromatic amines is 1. The highest BCUT2D eigenvalue weighted by atomic mass is 35.5. The monoisotopic (exact) mass is 369 g/mol. The van der Waals surface area contributed by atoms with Crippen LogP contribution in [0.15, 0.2) is 47.3 Å². The van der Waals surface area contributed by atoms with E-state index in [1.54, 1.807) is 18.2 Å². The fourth-order valence-corrected chi connectivity index (χ4v) is 3.75. The smallest absolute Gasteiger partial charge is 0.215 e. The first-order valence-corrected chi connectivity index (χ1v) is 9.08. The topological polar surface area (TPSA) is 58.2 Å². The Morgan fingerprint density at radius 3 is 2.50 bits per heavy atom. The molecule has 2 atom stereocenters. The summed E-state index contributed by atoms with van der Waals surface area (Å²) in [5.74, 6) is 0. The molecule has 0 unspecified atom stereocenters. The SMILES string of the molecule is C[C@@H]1CN(c2ccc(-c3n[nH]c4c(Cl)cccc4c3=O)cc2)C[C@H](C)O1. The molecule has 1 aliphatic heterocycles. The number of morpholine rings is 1. The normalized spacial score (nSPS) is 20.5. The zero-order chi connectivity index (χ0) is 18.3. The molecule has 0 radical (unpaired) electrons. The van der Waals surface area contributed by atoms with Crippen LogP contribution in [0.2, 0.25) is 5.02 Å². The maximum Gasteiger partial charge on any atom is 0.215 e. The van der Waals surface area contributed by atoms with Gasteiger partial charge in [0.05, 0.1) is 28.1 Å². The number of rotatable bonds is 2. The first kappa shape index (κ1) is 17.1.